The van der Waals surface area contributed by atoms with E-state index in [-0.39, 0.29) is 35.7 Å². The van der Waals surface area contributed by atoms with Crippen LogP contribution in [0.2, 0.25) is 0 Å². The Morgan fingerprint density at radius 3 is 2.26 bits per heavy atom. The van der Waals surface area contributed by atoms with Crippen molar-refractivity contribution >= 4 is 47.6 Å². The van der Waals surface area contributed by atoms with Gasteiger partial charge in [-0.3, -0.25) is 9.79 Å². The quantitative estimate of drug-likeness (QED) is 0.145. The molecule has 0 atom stereocenters. The van der Waals surface area contributed by atoms with E-state index in [0.717, 1.165) is 35.1 Å². The van der Waals surface area contributed by atoms with E-state index >= 15 is 0 Å². The maximum atomic E-state index is 12.9. The average molecular weight is 559 g/mol. The summed E-state index contributed by atoms with van der Waals surface area (Å²) in [4.78, 5) is 19.5. The first-order chi connectivity index (χ1) is 14.6. The maximum Gasteiger partial charge on any atom is 0.253 e. The maximum absolute atomic E-state index is 12.9. The molecule has 0 unspecified atom stereocenters. The van der Waals surface area contributed by atoms with Gasteiger partial charge in [0.15, 0.2) is 5.96 Å². The largest absolute Gasteiger partial charge is 0.356 e. The molecule has 0 radical (unpaired) electrons. The topological polar surface area (TPSA) is 56.7 Å². The summed E-state index contributed by atoms with van der Waals surface area (Å²) < 4.78 is 12.9. The fourth-order valence-corrected chi connectivity index (χ4v) is 3.72. The van der Waals surface area contributed by atoms with E-state index in [4.69, 9.17) is 0 Å². The van der Waals surface area contributed by atoms with E-state index in [9.17, 15) is 9.18 Å². The third-order valence-electron chi connectivity index (χ3n) is 4.63. The zero-order chi connectivity index (χ0) is 21.8. The molecule has 170 valence electrons. The summed E-state index contributed by atoms with van der Waals surface area (Å²) in [6.07, 6.45) is 0.963. The molecule has 1 amide bonds. The highest BCUT2D eigenvalue weighted by atomic mass is 127. The summed E-state index contributed by atoms with van der Waals surface area (Å²) >= 11 is 1.71. The Morgan fingerprint density at radius 2 is 1.68 bits per heavy atom. The van der Waals surface area contributed by atoms with Crippen molar-refractivity contribution in [2.45, 2.75) is 31.7 Å². The number of nitrogens with zero attached hydrogens (tertiary/aromatic N) is 2. The van der Waals surface area contributed by atoms with Crippen LogP contribution < -0.4 is 10.6 Å². The molecule has 0 bridgehead atoms. The molecular weight excluding hydrogens is 526 g/mol. The van der Waals surface area contributed by atoms with Gasteiger partial charge in [-0.25, -0.2) is 4.39 Å². The minimum absolute atomic E-state index is 0. The van der Waals surface area contributed by atoms with Gasteiger partial charge < -0.3 is 15.5 Å². The molecule has 2 N–H and O–H groups in total. The van der Waals surface area contributed by atoms with Crippen molar-refractivity contribution in [3.8, 4) is 0 Å². The van der Waals surface area contributed by atoms with Crippen LogP contribution in [0.5, 0.6) is 0 Å². The van der Waals surface area contributed by atoms with E-state index in [1.807, 2.05) is 43.0 Å². The molecule has 8 heteroatoms. The molecule has 0 saturated heterocycles. The Labute approximate surface area is 206 Å². The molecule has 0 aliphatic heterocycles. The second-order valence-electron chi connectivity index (χ2n) is 6.68. The molecule has 0 aromatic heterocycles. The zero-order valence-corrected chi connectivity index (χ0v) is 21.5. The van der Waals surface area contributed by atoms with Gasteiger partial charge in [0.1, 0.15) is 5.82 Å². The molecule has 2 aromatic carbocycles. The highest BCUT2D eigenvalue weighted by molar-refractivity contribution is 14.0. The number of amides is 1. The number of hydrogen-bond acceptors (Lipinski definition) is 3. The van der Waals surface area contributed by atoms with Gasteiger partial charge in [-0.15, -0.1) is 35.7 Å². The van der Waals surface area contributed by atoms with Gasteiger partial charge in [-0.2, -0.15) is 0 Å². The summed E-state index contributed by atoms with van der Waals surface area (Å²) in [5.41, 5.74) is 1.80. The Morgan fingerprint density at radius 1 is 1.03 bits per heavy atom. The summed E-state index contributed by atoms with van der Waals surface area (Å²) in [5.74, 6) is 1.54. The van der Waals surface area contributed by atoms with E-state index in [1.165, 1.54) is 12.1 Å². The Kier molecular flexibility index (Phi) is 13.2. The number of hydrogen-bond donors (Lipinski definition) is 2. The number of thioether (sulfide) groups is 1. The third-order valence-corrected chi connectivity index (χ3v) is 5.73. The van der Waals surface area contributed by atoms with Gasteiger partial charge in [0.25, 0.3) is 5.91 Å². The van der Waals surface area contributed by atoms with Crippen LogP contribution >= 0.6 is 35.7 Å². The number of carbonyl (C=O) groups excluding carboxylic acids is 1. The molecule has 5 nitrogen and oxygen atoms in total. The van der Waals surface area contributed by atoms with Gasteiger partial charge in [-0.1, -0.05) is 12.1 Å². The van der Waals surface area contributed by atoms with Crippen LogP contribution in [0.1, 0.15) is 36.2 Å². The highest BCUT2D eigenvalue weighted by Crippen LogP contribution is 2.18. The number of rotatable bonds is 10. The highest BCUT2D eigenvalue weighted by Gasteiger charge is 2.11. The van der Waals surface area contributed by atoms with Crippen LogP contribution in [0.15, 0.2) is 58.4 Å². The number of aliphatic imine (C=N–C) groups is 1. The van der Waals surface area contributed by atoms with Gasteiger partial charge in [0.05, 0.1) is 0 Å². The van der Waals surface area contributed by atoms with E-state index in [2.05, 4.69) is 15.6 Å². The number of guanidine groups is 1. The first-order valence-corrected chi connectivity index (χ1v) is 11.3. The SMILES string of the molecule is CCN(CC)C(=O)c1ccc(CNC(=NC)NCCCSc2ccc(F)cc2)cc1.I. The van der Waals surface area contributed by atoms with Crippen LogP contribution in [0.25, 0.3) is 0 Å². The average Bonchev–Trinajstić information content (AvgIpc) is 2.78. The number of nitrogens with one attached hydrogen (secondary N) is 2. The van der Waals surface area contributed by atoms with E-state index < -0.39 is 0 Å². The number of carbonyl (C=O) groups is 1. The van der Waals surface area contributed by atoms with Gasteiger partial charge in [0, 0.05) is 43.7 Å². The molecule has 0 spiro atoms. The van der Waals surface area contributed by atoms with Gasteiger partial charge in [0.2, 0.25) is 0 Å². The second kappa shape index (κ2) is 15.1. The monoisotopic (exact) mass is 558 g/mol. The lowest BCUT2D eigenvalue weighted by Crippen LogP contribution is -2.37. The predicted octanol–water partition coefficient (Wildman–Crippen LogP) is 4.77. The molecular formula is C23H32FIN4OS. The first-order valence-electron chi connectivity index (χ1n) is 10.3. The third kappa shape index (κ3) is 9.47. The van der Waals surface area contributed by atoms with Crippen molar-refractivity contribution < 1.29 is 9.18 Å². The zero-order valence-electron chi connectivity index (χ0n) is 18.4. The van der Waals surface area contributed by atoms with Gasteiger partial charge >= 0.3 is 0 Å². The lowest BCUT2D eigenvalue weighted by Gasteiger charge is -2.18. The second-order valence-corrected chi connectivity index (χ2v) is 7.85. The predicted molar refractivity (Wildman–Crippen MR) is 139 cm³/mol. The number of halogens is 2. The normalized spacial score (nSPS) is 10.9. The summed E-state index contributed by atoms with van der Waals surface area (Å²) in [7, 11) is 1.74. The summed E-state index contributed by atoms with van der Waals surface area (Å²) in [6, 6.07) is 14.3. The molecule has 2 rings (SSSR count). The molecule has 0 heterocycles. The number of benzene rings is 2. The van der Waals surface area contributed by atoms with Crippen LogP contribution in [0, 0.1) is 5.82 Å². The molecule has 0 fully saturated rings. The van der Waals surface area contributed by atoms with Crippen molar-refractivity contribution in [2.24, 2.45) is 4.99 Å². The minimum atomic E-state index is -0.207. The Bertz CT molecular complexity index is 811. The first kappa shape index (κ1) is 27.2. The van der Waals surface area contributed by atoms with Crippen LogP contribution in [-0.4, -0.2) is 49.2 Å². The van der Waals surface area contributed by atoms with Gasteiger partial charge in [-0.05, 0) is 68.0 Å². The van der Waals surface area contributed by atoms with Crippen molar-refractivity contribution in [2.75, 3.05) is 32.4 Å². The minimum Gasteiger partial charge on any atom is -0.356 e. The lowest BCUT2D eigenvalue weighted by atomic mass is 10.1. The molecule has 0 aliphatic carbocycles. The van der Waals surface area contributed by atoms with E-state index in [0.29, 0.717) is 25.2 Å². The summed E-state index contributed by atoms with van der Waals surface area (Å²) in [6.45, 7) is 6.82. The fourth-order valence-electron chi connectivity index (χ4n) is 2.86. The van der Waals surface area contributed by atoms with Crippen LogP contribution in [0.4, 0.5) is 4.39 Å². The van der Waals surface area contributed by atoms with Crippen molar-refractivity contribution in [1.82, 2.24) is 15.5 Å². The molecule has 0 saturated carbocycles. The molecule has 2 aromatic rings. The molecule has 0 aliphatic rings. The lowest BCUT2D eigenvalue weighted by molar-refractivity contribution is 0.0773. The molecule has 31 heavy (non-hydrogen) atoms. The van der Waals surface area contributed by atoms with Crippen LogP contribution in [0.3, 0.4) is 0 Å². The van der Waals surface area contributed by atoms with Crippen molar-refractivity contribution in [1.29, 1.82) is 0 Å². The summed E-state index contributed by atoms with van der Waals surface area (Å²) in [5, 5.41) is 6.59. The fraction of sp³-hybridized carbons (Fsp3) is 0.391. The van der Waals surface area contributed by atoms with Crippen molar-refractivity contribution in [3.05, 3.63) is 65.5 Å². The van der Waals surface area contributed by atoms with Crippen LogP contribution in [-0.2, 0) is 6.54 Å². The standard InChI is InChI=1S/C23H31FN4OS.HI/c1-4-28(5-2)22(29)19-9-7-18(8-10-19)17-27-23(25-3)26-15-6-16-30-21-13-11-20(24)12-14-21;/h7-14H,4-6,15-17H2,1-3H3,(H2,25,26,27);1H. The van der Waals surface area contributed by atoms with Crippen molar-refractivity contribution in [3.63, 3.8) is 0 Å². The Balaban J connectivity index is 0.00000480. The smallest absolute Gasteiger partial charge is 0.253 e. The van der Waals surface area contributed by atoms with E-state index in [1.54, 1.807) is 30.9 Å². The Hall–Kier alpha value is -1.81.